The minimum Gasteiger partial charge on any atom is -0.195 e. The van der Waals surface area contributed by atoms with Crippen molar-refractivity contribution in [3.63, 3.8) is 0 Å². The maximum atomic E-state index is 12.8. The van der Waals surface area contributed by atoms with E-state index in [9.17, 15) is 4.39 Å². The summed E-state index contributed by atoms with van der Waals surface area (Å²) in [5.74, 6) is 2.21. The number of nitrogens with zero attached hydrogens (tertiary/aromatic N) is 1. The number of hydrogen-bond acceptors (Lipinski definition) is 1. The van der Waals surface area contributed by atoms with E-state index in [-0.39, 0.29) is 0 Å². The summed E-state index contributed by atoms with van der Waals surface area (Å²) in [7, 11) is 0. The van der Waals surface area contributed by atoms with Crippen molar-refractivity contribution in [3.8, 4) is 6.07 Å². The van der Waals surface area contributed by atoms with Gasteiger partial charge < -0.3 is 0 Å². The number of hydrogen-bond donors (Lipinski definition) is 0. The van der Waals surface area contributed by atoms with Crippen molar-refractivity contribution in [2.45, 2.75) is 77.6 Å². The molecular formula is C23H34FN. The van der Waals surface area contributed by atoms with Gasteiger partial charge in [-0.25, -0.2) is 0 Å². The molecule has 2 aliphatic carbocycles. The van der Waals surface area contributed by atoms with Crippen molar-refractivity contribution in [3.05, 3.63) is 36.2 Å². The molecule has 0 heterocycles. The van der Waals surface area contributed by atoms with Gasteiger partial charge >= 0.3 is 0 Å². The highest BCUT2D eigenvalue weighted by atomic mass is 19.1. The fourth-order valence-electron chi connectivity index (χ4n) is 4.66. The van der Waals surface area contributed by atoms with Crippen LogP contribution in [0.1, 0.15) is 77.6 Å². The van der Waals surface area contributed by atoms with Crippen molar-refractivity contribution >= 4 is 0 Å². The molecule has 0 atom stereocenters. The number of rotatable bonds is 7. The third kappa shape index (κ3) is 6.46. The van der Waals surface area contributed by atoms with Crippen LogP contribution in [0.4, 0.5) is 4.39 Å². The van der Waals surface area contributed by atoms with Gasteiger partial charge in [0.25, 0.3) is 0 Å². The summed E-state index contributed by atoms with van der Waals surface area (Å²) < 4.78 is 12.8. The first kappa shape index (κ1) is 20.0. The number of halogens is 1. The van der Waals surface area contributed by atoms with E-state index in [1.54, 1.807) is 6.08 Å². The lowest BCUT2D eigenvalue weighted by molar-refractivity contribution is 0.253. The second-order valence-electron chi connectivity index (χ2n) is 8.06. The van der Waals surface area contributed by atoms with Crippen LogP contribution in [0, 0.1) is 35.0 Å². The second-order valence-corrected chi connectivity index (χ2v) is 8.06. The minimum absolute atomic E-state index is 0.525. The monoisotopic (exact) mass is 343 g/mol. The van der Waals surface area contributed by atoms with Crippen molar-refractivity contribution < 1.29 is 4.39 Å². The first-order chi connectivity index (χ1) is 12.1. The Kier molecular flexibility index (Phi) is 8.45. The van der Waals surface area contributed by atoms with Gasteiger partial charge in [-0.3, -0.25) is 0 Å². The Morgan fingerprint density at radius 2 is 1.68 bits per heavy atom. The summed E-state index contributed by atoms with van der Waals surface area (Å²) in [4.78, 5) is 0. The van der Waals surface area contributed by atoms with Gasteiger partial charge in [0.1, 0.15) is 6.07 Å². The molecule has 0 aromatic carbocycles. The molecule has 1 nitrogen and oxygen atoms in total. The Bertz CT molecular complexity index is 509. The Labute approximate surface area is 153 Å². The molecule has 2 saturated carbocycles. The maximum Gasteiger partial charge on any atom is 0.199 e. The summed E-state index contributed by atoms with van der Waals surface area (Å²) in [6.45, 7) is 6.78. The molecule has 2 fully saturated rings. The van der Waals surface area contributed by atoms with Crippen LogP contribution >= 0.6 is 0 Å². The van der Waals surface area contributed by atoms with Gasteiger partial charge in [-0.2, -0.15) is 9.65 Å². The Morgan fingerprint density at radius 3 is 2.24 bits per heavy atom. The molecular weight excluding hydrogens is 309 g/mol. The largest absolute Gasteiger partial charge is 0.199 e. The lowest BCUT2D eigenvalue weighted by Crippen LogP contribution is -2.22. The lowest BCUT2D eigenvalue weighted by atomic mass is 9.70. The van der Waals surface area contributed by atoms with Crippen LogP contribution in [-0.4, -0.2) is 0 Å². The van der Waals surface area contributed by atoms with Gasteiger partial charge in [-0.1, -0.05) is 50.5 Å². The van der Waals surface area contributed by atoms with E-state index in [1.165, 1.54) is 75.5 Å². The van der Waals surface area contributed by atoms with Crippen molar-refractivity contribution in [2.75, 3.05) is 0 Å². The van der Waals surface area contributed by atoms with E-state index < -0.39 is 5.83 Å². The molecule has 25 heavy (non-hydrogen) atoms. The zero-order valence-corrected chi connectivity index (χ0v) is 15.9. The fourth-order valence-corrected chi connectivity index (χ4v) is 4.66. The average Bonchev–Trinajstić information content (AvgIpc) is 2.66. The van der Waals surface area contributed by atoms with Gasteiger partial charge in [0.15, 0.2) is 5.83 Å². The van der Waals surface area contributed by atoms with E-state index in [4.69, 9.17) is 5.26 Å². The number of nitriles is 1. The van der Waals surface area contributed by atoms with Crippen LogP contribution in [0.15, 0.2) is 36.2 Å². The molecule has 0 aliphatic heterocycles. The van der Waals surface area contributed by atoms with Crippen LogP contribution in [-0.2, 0) is 0 Å². The Hall–Kier alpha value is -1.36. The highest BCUT2D eigenvalue weighted by molar-refractivity contribution is 5.19. The van der Waals surface area contributed by atoms with Crippen molar-refractivity contribution in [2.24, 2.45) is 23.7 Å². The van der Waals surface area contributed by atoms with E-state index in [0.29, 0.717) is 11.8 Å². The second kappa shape index (κ2) is 10.6. The third-order valence-electron chi connectivity index (χ3n) is 6.37. The van der Waals surface area contributed by atoms with Crippen LogP contribution in [0.3, 0.4) is 0 Å². The quantitative estimate of drug-likeness (QED) is 0.271. The van der Waals surface area contributed by atoms with Gasteiger partial charge in [-0.05, 0) is 81.1 Å². The highest BCUT2D eigenvalue weighted by Crippen LogP contribution is 2.42. The van der Waals surface area contributed by atoms with Crippen molar-refractivity contribution in [1.82, 2.24) is 0 Å². The molecule has 138 valence electrons. The van der Waals surface area contributed by atoms with Crippen LogP contribution in [0.5, 0.6) is 0 Å². The number of unbranched alkanes of at least 4 members (excludes halogenated alkanes) is 1. The molecule has 0 N–H and O–H groups in total. The first-order valence-corrected chi connectivity index (χ1v) is 10.3. The molecule has 0 bridgehead atoms. The zero-order chi connectivity index (χ0) is 18.1. The van der Waals surface area contributed by atoms with Crippen LogP contribution in [0.25, 0.3) is 0 Å². The molecule has 2 heteroatoms. The average molecular weight is 344 g/mol. The molecule has 0 amide bonds. The fraction of sp³-hybridized carbons (Fsp3) is 0.696. The van der Waals surface area contributed by atoms with Crippen LogP contribution < -0.4 is 0 Å². The lowest BCUT2D eigenvalue weighted by Gasteiger charge is -2.35. The minimum atomic E-state index is -0.715. The molecule has 0 aromatic rings. The van der Waals surface area contributed by atoms with E-state index in [2.05, 4.69) is 19.6 Å². The Morgan fingerprint density at radius 1 is 1.08 bits per heavy atom. The van der Waals surface area contributed by atoms with Gasteiger partial charge in [0.2, 0.25) is 0 Å². The van der Waals surface area contributed by atoms with E-state index >= 15 is 0 Å². The summed E-state index contributed by atoms with van der Waals surface area (Å²) in [6.07, 6.45) is 19.4. The van der Waals surface area contributed by atoms with E-state index in [0.717, 1.165) is 24.7 Å². The van der Waals surface area contributed by atoms with Crippen LogP contribution in [0.2, 0.25) is 0 Å². The smallest absolute Gasteiger partial charge is 0.195 e. The highest BCUT2D eigenvalue weighted by Gasteiger charge is 2.28. The van der Waals surface area contributed by atoms with Gasteiger partial charge in [0.05, 0.1) is 0 Å². The van der Waals surface area contributed by atoms with Crippen molar-refractivity contribution in [1.29, 1.82) is 5.26 Å². The summed E-state index contributed by atoms with van der Waals surface area (Å²) in [5.41, 5.74) is 1.52. The number of allylic oxidation sites excluding steroid dienone is 5. The third-order valence-corrected chi connectivity index (χ3v) is 6.37. The SMILES string of the molecule is C=C(C1CCC(C=CC=C(F)C#N)CC1)C1CCC(CCCC)CC1. The molecule has 2 rings (SSSR count). The summed E-state index contributed by atoms with van der Waals surface area (Å²) in [5, 5.41) is 8.41. The molecule has 0 aromatic heterocycles. The molecule has 0 unspecified atom stereocenters. The standard InChI is InChI=1S/C23H34FN/c1-3-4-6-19-9-13-21(14-10-19)18(2)22-15-11-20(12-16-22)7-5-8-23(24)17-25/h5,7-8,19-22H,2-4,6,9-16H2,1H3. The Balaban J connectivity index is 1.72. The molecule has 0 saturated heterocycles. The predicted molar refractivity (Wildman–Crippen MR) is 104 cm³/mol. The summed E-state index contributed by atoms with van der Waals surface area (Å²) >= 11 is 0. The first-order valence-electron chi connectivity index (χ1n) is 10.3. The zero-order valence-electron chi connectivity index (χ0n) is 15.9. The summed E-state index contributed by atoms with van der Waals surface area (Å²) in [6, 6.07) is 1.51. The maximum absolute atomic E-state index is 12.8. The molecule has 2 aliphatic rings. The molecule has 0 radical (unpaired) electrons. The van der Waals surface area contributed by atoms with Gasteiger partial charge in [0, 0.05) is 0 Å². The topological polar surface area (TPSA) is 23.8 Å². The van der Waals surface area contributed by atoms with E-state index in [1.807, 2.05) is 0 Å². The predicted octanol–water partition coefficient (Wildman–Crippen LogP) is 7.28. The van der Waals surface area contributed by atoms with Gasteiger partial charge in [-0.15, -0.1) is 0 Å². The normalized spacial score (nSPS) is 31.0. The molecule has 0 spiro atoms.